The van der Waals surface area contributed by atoms with Gasteiger partial charge in [-0.3, -0.25) is 9.05 Å². The van der Waals surface area contributed by atoms with Crippen LogP contribution in [0, 0.1) is 0 Å². The van der Waals surface area contributed by atoms with Gasteiger partial charge in [-0.05, 0) is 13.3 Å². The van der Waals surface area contributed by atoms with Gasteiger partial charge in [-0.1, -0.05) is 103 Å². The minimum absolute atomic E-state index is 0.0635. The van der Waals surface area contributed by atoms with Crippen LogP contribution in [0.15, 0.2) is 0 Å². The summed E-state index contributed by atoms with van der Waals surface area (Å²) in [7, 11) is 1.60. The molecule has 0 aliphatic rings. The normalized spacial score (nSPS) is 14.3. The number of hydrogen-bond donors (Lipinski definition) is 2. The third-order valence-corrected chi connectivity index (χ3v) is 7.94. The molecule has 0 bridgehead atoms. The van der Waals surface area contributed by atoms with E-state index in [-0.39, 0.29) is 19.8 Å². The van der Waals surface area contributed by atoms with Crippen LogP contribution in [0.25, 0.3) is 0 Å². The molecule has 39 heavy (non-hydrogen) atoms. The average molecular weight is 581 g/mol. The van der Waals surface area contributed by atoms with Crippen molar-refractivity contribution in [3.63, 3.8) is 0 Å². The Balaban J connectivity index is 4.01. The van der Waals surface area contributed by atoms with Gasteiger partial charge >= 0.3 is 13.9 Å². The highest BCUT2D eigenvalue weighted by Gasteiger charge is 2.29. The van der Waals surface area contributed by atoms with Gasteiger partial charge in [0, 0.05) is 13.2 Å². The number of rotatable bonds is 28. The van der Waals surface area contributed by atoms with E-state index in [1.807, 2.05) is 21.1 Å². The van der Waals surface area contributed by atoms with Crippen LogP contribution in [0.2, 0.25) is 0 Å². The molecule has 10 heteroatoms. The Morgan fingerprint density at radius 3 is 1.69 bits per heavy atom. The predicted molar refractivity (Wildman–Crippen MR) is 161 cm³/mol. The lowest BCUT2D eigenvalue weighted by molar-refractivity contribution is -0.870. The molecule has 2 amide bonds. The SMILES string of the molecule is CCCCCCCCCCCCCCCCCCOCC(CN(CC)C(N)=O)OP(=O)(O)OCC[N+](C)(C)C. The molecular formula is C29H63N3O6P+. The van der Waals surface area contributed by atoms with Gasteiger partial charge in [0.25, 0.3) is 0 Å². The number of nitrogens with zero attached hydrogens (tertiary/aromatic N) is 2. The minimum atomic E-state index is -4.29. The first kappa shape index (κ1) is 38.3. The zero-order chi connectivity index (χ0) is 29.4. The van der Waals surface area contributed by atoms with Gasteiger partial charge in [-0.25, -0.2) is 9.36 Å². The van der Waals surface area contributed by atoms with Gasteiger partial charge in [0.1, 0.15) is 19.3 Å². The molecule has 234 valence electrons. The van der Waals surface area contributed by atoms with E-state index in [2.05, 4.69) is 6.92 Å². The van der Waals surface area contributed by atoms with Gasteiger partial charge in [0.05, 0.1) is 34.3 Å². The molecule has 0 rings (SSSR count). The number of primary amides is 1. The van der Waals surface area contributed by atoms with Crippen LogP contribution in [0.5, 0.6) is 0 Å². The van der Waals surface area contributed by atoms with E-state index >= 15 is 0 Å². The van der Waals surface area contributed by atoms with Crippen LogP contribution in [-0.2, 0) is 18.3 Å². The molecule has 2 unspecified atom stereocenters. The third kappa shape index (κ3) is 26.0. The van der Waals surface area contributed by atoms with Gasteiger partial charge < -0.3 is 24.7 Å². The number of amides is 2. The van der Waals surface area contributed by atoms with Crippen molar-refractivity contribution in [1.29, 1.82) is 0 Å². The first-order valence-electron chi connectivity index (χ1n) is 15.6. The Kier molecular flexibility index (Phi) is 23.5. The number of carbonyl (C=O) groups is 1. The molecule has 0 aliphatic heterocycles. The summed E-state index contributed by atoms with van der Waals surface area (Å²) in [5, 5.41) is 0. The van der Waals surface area contributed by atoms with Gasteiger partial charge in [0.2, 0.25) is 0 Å². The first-order chi connectivity index (χ1) is 18.5. The van der Waals surface area contributed by atoms with E-state index in [0.29, 0.717) is 24.2 Å². The summed E-state index contributed by atoms with van der Waals surface area (Å²) in [6.45, 7) is 5.75. The topological polar surface area (TPSA) is 111 Å². The average Bonchev–Trinajstić information content (AvgIpc) is 2.84. The van der Waals surface area contributed by atoms with Crippen molar-refractivity contribution >= 4 is 13.9 Å². The molecule has 0 spiro atoms. The standard InChI is InChI=1S/C29H62N3O6P/c1-6-8-9-10-11-12-13-14-15-16-17-18-19-20-21-22-24-36-27-28(26-31(7-2)29(30)33)38-39(34,35)37-25-23-32(3,4)5/h28H,6-27H2,1-5H3,(H2-,30,33,34,35)/p+1. The number of ether oxygens (including phenoxy) is 1. The molecule has 0 saturated carbocycles. The molecule has 0 fully saturated rings. The Morgan fingerprint density at radius 1 is 0.821 bits per heavy atom. The zero-order valence-corrected chi connectivity index (χ0v) is 26.9. The van der Waals surface area contributed by atoms with E-state index in [1.54, 1.807) is 6.92 Å². The molecule has 0 aromatic heterocycles. The smallest absolute Gasteiger partial charge is 0.379 e. The number of likely N-dealkylation sites (N-methyl/N-ethyl adjacent to an activating group) is 2. The number of unbranched alkanes of at least 4 members (excludes halogenated alkanes) is 15. The number of phosphoric ester groups is 1. The highest BCUT2D eigenvalue weighted by atomic mass is 31.2. The number of quaternary nitrogens is 1. The summed E-state index contributed by atoms with van der Waals surface area (Å²) >= 11 is 0. The number of urea groups is 1. The van der Waals surface area contributed by atoms with E-state index in [9.17, 15) is 14.3 Å². The Hall–Kier alpha value is -0.700. The Morgan fingerprint density at radius 2 is 1.28 bits per heavy atom. The fourth-order valence-corrected chi connectivity index (χ4v) is 5.23. The molecule has 2 atom stereocenters. The van der Waals surface area contributed by atoms with Crippen LogP contribution in [0.4, 0.5) is 4.79 Å². The number of phosphoric acid groups is 1. The zero-order valence-electron chi connectivity index (χ0n) is 26.0. The Labute approximate surface area is 240 Å². The molecule has 9 nitrogen and oxygen atoms in total. The molecule has 0 aliphatic carbocycles. The minimum Gasteiger partial charge on any atom is -0.379 e. The molecule has 0 aromatic rings. The number of hydrogen-bond acceptors (Lipinski definition) is 5. The van der Waals surface area contributed by atoms with Crippen molar-refractivity contribution in [2.45, 2.75) is 123 Å². The first-order valence-corrected chi connectivity index (χ1v) is 17.1. The van der Waals surface area contributed by atoms with Crippen molar-refractivity contribution in [2.75, 3.05) is 60.6 Å². The number of nitrogens with two attached hydrogens (primary N) is 1. The van der Waals surface area contributed by atoms with Crippen LogP contribution >= 0.6 is 7.82 Å². The van der Waals surface area contributed by atoms with Crippen molar-refractivity contribution in [3.05, 3.63) is 0 Å². The highest BCUT2D eigenvalue weighted by molar-refractivity contribution is 7.47. The maximum atomic E-state index is 12.5. The fourth-order valence-electron chi connectivity index (χ4n) is 4.35. The van der Waals surface area contributed by atoms with E-state index in [4.69, 9.17) is 19.5 Å². The maximum Gasteiger partial charge on any atom is 0.472 e. The third-order valence-electron chi connectivity index (χ3n) is 6.86. The predicted octanol–water partition coefficient (Wildman–Crippen LogP) is 6.87. The quantitative estimate of drug-likeness (QED) is 0.0593. The lowest BCUT2D eigenvalue weighted by Crippen LogP contribution is -2.43. The molecule has 0 heterocycles. The molecule has 0 aromatic carbocycles. The van der Waals surface area contributed by atoms with Crippen molar-refractivity contribution in [2.24, 2.45) is 5.73 Å². The highest BCUT2D eigenvalue weighted by Crippen LogP contribution is 2.44. The number of carbonyl (C=O) groups excluding carboxylic acids is 1. The van der Waals surface area contributed by atoms with Gasteiger partial charge in [-0.2, -0.15) is 0 Å². The largest absolute Gasteiger partial charge is 0.472 e. The second-order valence-corrected chi connectivity index (χ2v) is 13.2. The lowest BCUT2D eigenvalue weighted by atomic mass is 10.0. The summed E-state index contributed by atoms with van der Waals surface area (Å²) in [5.41, 5.74) is 5.41. The Bertz CT molecular complexity index is 633. The van der Waals surface area contributed by atoms with Gasteiger partial charge in [-0.15, -0.1) is 0 Å². The van der Waals surface area contributed by atoms with Crippen molar-refractivity contribution in [1.82, 2.24) is 4.90 Å². The summed E-state index contributed by atoms with van der Waals surface area (Å²) in [5.74, 6) is 0. The second kappa shape index (κ2) is 24.0. The van der Waals surface area contributed by atoms with Crippen LogP contribution < -0.4 is 5.73 Å². The summed E-state index contributed by atoms with van der Waals surface area (Å²) in [4.78, 5) is 23.2. The summed E-state index contributed by atoms with van der Waals surface area (Å²) in [6, 6.07) is -0.609. The van der Waals surface area contributed by atoms with Crippen LogP contribution in [0.3, 0.4) is 0 Å². The molecular weight excluding hydrogens is 517 g/mol. The van der Waals surface area contributed by atoms with Crippen molar-refractivity contribution < 1.29 is 32.5 Å². The summed E-state index contributed by atoms with van der Waals surface area (Å²) in [6.07, 6.45) is 20.2. The van der Waals surface area contributed by atoms with Gasteiger partial charge in [0.15, 0.2) is 0 Å². The second-order valence-electron chi connectivity index (χ2n) is 11.8. The van der Waals surface area contributed by atoms with E-state index in [1.165, 1.54) is 94.8 Å². The molecule has 0 radical (unpaired) electrons. The monoisotopic (exact) mass is 580 g/mol. The van der Waals surface area contributed by atoms with E-state index < -0.39 is 20.0 Å². The molecule has 0 saturated heterocycles. The van der Waals surface area contributed by atoms with Crippen LogP contribution in [0.1, 0.15) is 117 Å². The van der Waals surface area contributed by atoms with E-state index in [0.717, 1.165) is 12.8 Å². The summed E-state index contributed by atoms with van der Waals surface area (Å²) < 4.78 is 29.3. The maximum absolute atomic E-state index is 12.5. The lowest BCUT2D eigenvalue weighted by Gasteiger charge is -2.27. The van der Waals surface area contributed by atoms with Crippen LogP contribution in [-0.4, -0.2) is 87.0 Å². The molecule has 3 N–H and O–H groups in total. The van der Waals surface area contributed by atoms with Crippen molar-refractivity contribution in [3.8, 4) is 0 Å². The fraction of sp³-hybridized carbons (Fsp3) is 0.966.